The summed E-state index contributed by atoms with van der Waals surface area (Å²) in [5.41, 5.74) is 4.19. The summed E-state index contributed by atoms with van der Waals surface area (Å²) in [7, 11) is 0. The van der Waals surface area contributed by atoms with Crippen molar-refractivity contribution in [3.63, 3.8) is 0 Å². The highest BCUT2D eigenvalue weighted by Crippen LogP contribution is 2.40. The van der Waals surface area contributed by atoms with Crippen molar-refractivity contribution in [2.45, 2.75) is 6.92 Å². The number of H-pyrrole nitrogens is 1. The second-order valence-electron chi connectivity index (χ2n) is 7.02. The number of halogens is 1. The van der Waals surface area contributed by atoms with Crippen LogP contribution in [0.4, 0.5) is 17.2 Å². The first-order chi connectivity index (χ1) is 14.6. The van der Waals surface area contributed by atoms with Crippen molar-refractivity contribution in [2.75, 3.05) is 18.5 Å². The van der Waals surface area contributed by atoms with Crippen LogP contribution in [0.15, 0.2) is 59.9 Å². The molecule has 0 amide bonds. The first-order valence-corrected chi connectivity index (χ1v) is 9.85. The molecule has 1 aliphatic rings. The summed E-state index contributed by atoms with van der Waals surface area (Å²) in [5, 5.41) is 7.05. The molecule has 5 rings (SSSR count). The molecule has 2 aromatic carbocycles. The van der Waals surface area contributed by atoms with Gasteiger partial charge in [-0.15, -0.1) is 4.91 Å². The van der Waals surface area contributed by atoms with Crippen LogP contribution in [0.5, 0.6) is 11.5 Å². The Bertz CT molecular complexity index is 1290. The Kier molecular flexibility index (Phi) is 4.52. The maximum atomic E-state index is 11.5. The molecule has 3 heterocycles. The molecule has 30 heavy (non-hydrogen) atoms. The largest absolute Gasteiger partial charge is 0.486 e. The average molecular weight is 422 g/mol. The molecule has 2 N–H and O–H groups in total. The molecule has 0 saturated heterocycles. The van der Waals surface area contributed by atoms with Gasteiger partial charge in [0, 0.05) is 12.1 Å². The lowest BCUT2D eigenvalue weighted by molar-refractivity contribution is -0.494. The number of ether oxygens (including phenoxy) is 2. The third-order valence-corrected chi connectivity index (χ3v) is 5.29. The van der Waals surface area contributed by atoms with Crippen LogP contribution in [0, 0.1) is 11.8 Å². The van der Waals surface area contributed by atoms with Crippen molar-refractivity contribution in [2.24, 2.45) is 5.18 Å². The number of benzene rings is 2. The minimum atomic E-state index is 0.261. The van der Waals surface area contributed by atoms with Gasteiger partial charge in [-0.1, -0.05) is 17.7 Å². The van der Waals surface area contributed by atoms with Crippen molar-refractivity contribution >= 4 is 34.4 Å². The molecule has 150 valence electrons. The van der Waals surface area contributed by atoms with Crippen LogP contribution < -0.4 is 19.2 Å². The van der Waals surface area contributed by atoms with Crippen LogP contribution in [-0.2, 0) is 0 Å². The van der Waals surface area contributed by atoms with E-state index in [1.807, 2.05) is 47.9 Å². The van der Waals surface area contributed by atoms with E-state index >= 15 is 0 Å². The molecule has 0 unspecified atom stereocenters. The van der Waals surface area contributed by atoms with Gasteiger partial charge in [0.25, 0.3) is 5.82 Å². The first kappa shape index (κ1) is 18.4. The SMILES string of the molecule is Cc1ccc2[nH]c(-c3c(Cl)cccc3N=O)c(Nc3ccc4c(c3)OCCO4)[n+]2c1. The third kappa shape index (κ3) is 3.13. The maximum Gasteiger partial charge on any atom is 0.271 e. The zero-order chi connectivity index (χ0) is 20.7. The summed E-state index contributed by atoms with van der Waals surface area (Å²) in [5.74, 6) is 2.12. The Labute approximate surface area is 177 Å². The standard InChI is InChI=1S/C22H17ClN4O3/c1-13-5-8-19-25-21(20-15(23)3-2-4-16(20)26-28)22(27(19)12-13)24-14-6-7-17-18(11-14)30-10-9-29-17/h2-8,11-12H,9-10H2,1H3,(H,24,28)/p+1. The van der Waals surface area contributed by atoms with Gasteiger partial charge in [-0.05, 0) is 48.0 Å². The van der Waals surface area contributed by atoms with Gasteiger partial charge in [0.1, 0.15) is 24.6 Å². The van der Waals surface area contributed by atoms with E-state index in [9.17, 15) is 4.91 Å². The molecule has 0 atom stereocenters. The van der Waals surface area contributed by atoms with Gasteiger partial charge in [-0.25, -0.2) is 4.40 Å². The number of nitrogens with zero attached hydrogens (tertiary/aromatic N) is 2. The van der Waals surface area contributed by atoms with Crippen molar-refractivity contribution in [3.8, 4) is 22.8 Å². The summed E-state index contributed by atoms with van der Waals surface area (Å²) in [6, 6.07) is 14.7. The van der Waals surface area contributed by atoms with Crippen molar-refractivity contribution in [3.05, 3.63) is 70.2 Å². The molecule has 0 bridgehead atoms. The number of hydrogen-bond acceptors (Lipinski definition) is 5. The molecule has 7 nitrogen and oxygen atoms in total. The van der Waals surface area contributed by atoms with Crippen LogP contribution in [0.1, 0.15) is 5.56 Å². The van der Waals surface area contributed by atoms with Gasteiger partial charge in [-0.2, -0.15) is 0 Å². The van der Waals surface area contributed by atoms with Crippen LogP contribution >= 0.6 is 11.6 Å². The van der Waals surface area contributed by atoms with Crippen molar-refractivity contribution in [1.29, 1.82) is 0 Å². The molecule has 0 spiro atoms. The fourth-order valence-corrected chi connectivity index (χ4v) is 3.86. The predicted octanol–water partition coefficient (Wildman–Crippen LogP) is 5.29. The topological polar surface area (TPSA) is 79.8 Å². The fraction of sp³-hybridized carbons (Fsp3) is 0.136. The Morgan fingerprint density at radius 3 is 2.77 bits per heavy atom. The van der Waals surface area contributed by atoms with Crippen LogP contribution in [-0.4, -0.2) is 18.2 Å². The van der Waals surface area contributed by atoms with E-state index in [1.165, 1.54) is 0 Å². The van der Waals surface area contributed by atoms with Crippen molar-refractivity contribution in [1.82, 2.24) is 4.98 Å². The molecule has 8 heteroatoms. The fourth-order valence-electron chi connectivity index (χ4n) is 3.60. The number of nitroso groups, excluding NO2 is 1. The highest BCUT2D eigenvalue weighted by molar-refractivity contribution is 6.34. The average Bonchev–Trinajstić information content (AvgIpc) is 3.10. The van der Waals surface area contributed by atoms with E-state index in [-0.39, 0.29) is 5.69 Å². The normalized spacial score (nSPS) is 12.7. The Balaban J connectivity index is 1.70. The zero-order valence-electron chi connectivity index (χ0n) is 16.1. The lowest BCUT2D eigenvalue weighted by Gasteiger charge is -2.18. The molecular formula is C22H18ClN4O3+. The minimum absolute atomic E-state index is 0.261. The summed E-state index contributed by atoms with van der Waals surface area (Å²) in [6.45, 7) is 3.06. The van der Waals surface area contributed by atoms with Crippen molar-refractivity contribution < 1.29 is 13.9 Å². The number of aromatic nitrogens is 2. The van der Waals surface area contributed by atoms with Gasteiger partial charge >= 0.3 is 0 Å². The lowest BCUT2D eigenvalue weighted by atomic mass is 10.1. The van der Waals surface area contributed by atoms with E-state index in [0.29, 0.717) is 41.0 Å². The quantitative estimate of drug-likeness (QED) is 0.346. The third-order valence-electron chi connectivity index (χ3n) is 4.97. The van der Waals surface area contributed by atoms with E-state index in [4.69, 9.17) is 21.1 Å². The monoisotopic (exact) mass is 421 g/mol. The number of fused-ring (bicyclic) bond motifs is 2. The molecule has 4 aromatic rings. The highest BCUT2D eigenvalue weighted by atomic mass is 35.5. The molecule has 0 radical (unpaired) electrons. The van der Waals surface area contributed by atoms with E-state index in [0.717, 1.165) is 22.7 Å². The number of nitrogens with one attached hydrogen (secondary N) is 2. The number of rotatable bonds is 4. The summed E-state index contributed by atoms with van der Waals surface area (Å²) in [4.78, 5) is 14.8. The van der Waals surface area contributed by atoms with E-state index in [1.54, 1.807) is 18.2 Å². The smallest absolute Gasteiger partial charge is 0.271 e. The number of imidazole rings is 1. The number of anilines is 2. The minimum Gasteiger partial charge on any atom is -0.486 e. The first-order valence-electron chi connectivity index (χ1n) is 9.47. The molecule has 1 aliphatic heterocycles. The number of aryl methyl sites for hydroxylation is 1. The second kappa shape index (κ2) is 7.35. The van der Waals surface area contributed by atoms with Gasteiger partial charge in [0.2, 0.25) is 5.65 Å². The van der Waals surface area contributed by atoms with Crippen LogP contribution in [0.25, 0.3) is 16.9 Å². The Morgan fingerprint density at radius 2 is 1.93 bits per heavy atom. The predicted molar refractivity (Wildman–Crippen MR) is 115 cm³/mol. The molecule has 0 aliphatic carbocycles. The second-order valence-corrected chi connectivity index (χ2v) is 7.43. The maximum absolute atomic E-state index is 11.5. The Morgan fingerprint density at radius 1 is 1.10 bits per heavy atom. The summed E-state index contributed by atoms with van der Waals surface area (Å²) in [6.07, 6.45) is 2.00. The van der Waals surface area contributed by atoms with E-state index < -0.39 is 0 Å². The molecule has 0 fully saturated rings. The van der Waals surface area contributed by atoms with E-state index in [2.05, 4.69) is 15.5 Å². The molecular weight excluding hydrogens is 404 g/mol. The number of pyridine rings is 1. The zero-order valence-corrected chi connectivity index (χ0v) is 16.9. The number of aromatic amines is 1. The van der Waals surface area contributed by atoms with Crippen LogP contribution in [0.3, 0.4) is 0 Å². The molecule has 2 aromatic heterocycles. The van der Waals surface area contributed by atoms with Gasteiger partial charge < -0.3 is 9.47 Å². The highest BCUT2D eigenvalue weighted by Gasteiger charge is 2.26. The van der Waals surface area contributed by atoms with Crippen LogP contribution in [0.2, 0.25) is 5.02 Å². The summed E-state index contributed by atoms with van der Waals surface area (Å²) >= 11 is 6.48. The van der Waals surface area contributed by atoms with Gasteiger partial charge in [0.15, 0.2) is 17.2 Å². The Hall–Kier alpha value is -3.58. The van der Waals surface area contributed by atoms with Gasteiger partial charge in [0.05, 0.1) is 16.8 Å². The molecule has 0 saturated carbocycles. The summed E-state index contributed by atoms with van der Waals surface area (Å²) < 4.78 is 13.3. The van der Waals surface area contributed by atoms with Gasteiger partial charge in [-0.3, -0.25) is 10.3 Å². The number of hydrogen-bond donors (Lipinski definition) is 2. The lowest BCUT2D eigenvalue weighted by Crippen LogP contribution is -2.23.